The van der Waals surface area contributed by atoms with Gasteiger partial charge in [0.25, 0.3) is 20.2 Å². The molecule has 0 amide bonds. The Kier molecular flexibility index (Phi) is 14.7. The summed E-state index contributed by atoms with van der Waals surface area (Å²) in [4.78, 5) is 0. The molecule has 0 saturated carbocycles. The fraction of sp³-hybridized carbons (Fsp3) is 0.333. The van der Waals surface area contributed by atoms with Crippen molar-refractivity contribution in [1.82, 2.24) is 0 Å². The van der Waals surface area contributed by atoms with E-state index < -0.39 is 51.3 Å². The van der Waals surface area contributed by atoms with Gasteiger partial charge in [0.1, 0.15) is 24.4 Å². The molecule has 0 saturated heterocycles. The smallest absolute Gasteiger partial charge is 0.264 e. The van der Waals surface area contributed by atoms with Crippen LogP contribution in [0.15, 0.2) is 121 Å². The maximum atomic E-state index is 12.7. The van der Waals surface area contributed by atoms with Crippen LogP contribution >= 0.6 is 0 Å². The van der Waals surface area contributed by atoms with Crippen molar-refractivity contribution in [1.29, 1.82) is 0 Å². The first-order valence-electron chi connectivity index (χ1n) is 15.4. The van der Waals surface area contributed by atoms with Crippen LogP contribution in [-0.2, 0) is 74.0 Å². The number of hydrogen-bond acceptors (Lipinski definition) is 10. The first-order chi connectivity index (χ1) is 23.1. The second-order valence-corrected chi connectivity index (χ2v) is 14.4. The van der Waals surface area contributed by atoms with Crippen molar-refractivity contribution in [3.8, 4) is 0 Å². The zero-order valence-corrected chi connectivity index (χ0v) is 28.6. The number of hydrogen-bond donors (Lipinski definition) is 0. The average Bonchev–Trinajstić information content (AvgIpc) is 3.07. The number of rotatable bonds is 21. The monoisotopic (exact) mass is 698 g/mol. The molecule has 0 spiro atoms. The maximum Gasteiger partial charge on any atom is 0.264 e. The molecular formula is C36H42O10S2. The summed E-state index contributed by atoms with van der Waals surface area (Å²) in [6.45, 7) is -0.264. The highest BCUT2D eigenvalue weighted by Crippen LogP contribution is 2.24. The average molecular weight is 699 g/mol. The predicted molar refractivity (Wildman–Crippen MR) is 182 cm³/mol. The summed E-state index contributed by atoms with van der Waals surface area (Å²) >= 11 is 0. The van der Waals surface area contributed by atoms with E-state index in [1.165, 1.54) is 0 Å². The van der Waals surface area contributed by atoms with E-state index in [1.807, 2.05) is 121 Å². The van der Waals surface area contributed by atoms with E-state index in [4.69, 9.17) is 27.3 Å². The van der Waals surface area contributed by atoms with Gasteiger partial charge in [-0.25, -0.2) is 0 Å². The summed E-state index contributed by atoms with van der Waals surface area (Å²) in [6, 6.07) is 37.4. The fourth-order valence-corrected chi connectivity index (χ4v) is 5.83. The van der Waals surface area contributed by atoms with Crippen LogP contribution < -0.4 is 0 Å². The summed E-state index contributed by atoms with van der Waals surface area (Å²) in [6.07, 6.45) is -2.66. The van der Waals surface area contributed by atoms with Crippen molar-refractivity contribution in [2.24, 2.45) is 0 Å². The van der Waals surface area contributed by atoms with E-state index in [9.17, 15) is 16.8 Å². The van der Waals surface area contributed by atoms with Gasteiger partial charge >= 0.3 is 0 Å². The predicted octanol–water partition coefficient (Wildman–Crippen LogP) is 5.28. The van der Waals surface area contributed by atoms with E-state index in [2.05, 4.69) is 0 Å². The van der Waals surface area contributed by atoms with Crippen molar-refractivity contribution in [3.63, 3.8) is 0 Å². The Hall–Kier alpha value is -3.46. The highest BCUT2D eigenvalue weighted by molar-refractivity contribution is 7.86. The highest BCUT2D eigenvalue weighted by atomic mass is 32.2. The SMILES string of the molecule is CS(=O)(=O)OC[C@H](OCc1ccccc1)[C@@H](OCc1ccccc1)[C@@H](OCc1ccccc1)[C@@H](COCc1ccccc1)OS(C)(=O)=O. The first-order valence-corrected chi connectivity index (χ1v) is 19.0. The molecule has 10 nitrogen and oxygen atoms in total. The van der Waals surface area contributed by atoms with Crippen LogP contribution in [0.3, 0.4) is 0 Å². The standard InChI is InChI=1S/C36H42O10S2/c1-47(37,38)45-28-33(42-24-30-17-9-4-10-18-30)35(43-25-31-19-11-5-12-20-31)36(44-26-32-21-13-6-14-22-32)34(46-48(2,39)40)27-41-23-29-15-7-3-8-16-29/h3-22,33-36H,23-28H2,1-2H3/t33-,34+,35+,36-/m0/s1. The van der Waals surface area contributed by atoms with Crippen molar-refractivity contribution in [2.75, 3.05) is 25.7 Å². The Morgan fingerprint density at radius 1 is 0.458 bits per heavy atom. The van der Waals surface area contributed by atoms with Crippen LogP contribution in [0, 0.1) is 0 Å². The van der Waals surface area contributed by atoms with Gasteiger partial charge in [0.2, 0.25) is 0 Å². The van der Waals surface area contributed by atoms with Gasteiger partial charge < -0.3 is 18.9 Å². The van der Waals surface area contributed by atoms with E-state index in [-0.39, 0.29) is 33.0 Å². The van der Waals surface area contributed by atoms with E-state index in [1.54, 1.807) is 0 Å². The molecule has 4 aromatic carbocycles. The Morgan fingerprint density at radius 3 is 1.23 bits per heavy atom. The Morgan fingerprint density at radius 2 is 0.833 bits per heavy atom. The molecule has 0 bridgehead atoms. The third-order valence-corrected chi connectivity index (χ3v) is 8.23. The topological polar surface area (TPSA) is 124 Å². The summed E-state index contributed by atoms with van der Waals surface area (Å²) in [7, 11) is -7.95. The quantitative estimate of drug-likeness (QED) is 0.106. The molecule has 0 aliphatic carbocycles. The lowest BCUT2D eigenvalue weighted by atomic mass is 10.0. The molecule has 4 aromatic rings. The van der Waals surface area contributed by atoms with Crippen molar-refractivity contribution >= 4 is 20.2 Å². The molecule has 48 heavy (non-hydrogen) atoms. The largest absolute Gasteiger partial charge is 0.374 e. The van der Waals surface area contributed by atoms with Gasteiger partial charge in [0.05, 0.1) is 52.2 Å². The van der Waals surface area contributed by atoms with Crippen LogP contribution in [0.1, 0.15) is 22.3 Å². The maximum absolute atomic E-state index is 12.7. The zero-order valence-electron chi connectivity index (χ0n) is 27.0. The zero-order chi connectivity index (χ0) is 34.2. The van der Waals surface area contributed by atoms with Crippen LogP contribution in [-0.4, -0.2) is 67.0 Å². The summed E-state index contributed by atoms with van der Waals surface area (Å²) in [5.41, 5.74) is 3.32. The van der Waals surface area contributed by atoms with Crippen LogP contribution in [0.5, 0.6) is 0 Å². The molecule has 4 atom stereocenters. The van der Waals surface area contributed by atoms with Gasteiger partial charge in [0.15, 0.2) is 0 Å². The van der Waals surface area contributed by atoms with Gasteiger partial charge in [-0.2, -0.15) is 16.8 Å². The molecule has 12 heteroatoms. The minimum Gasteiger partial charge on any atom is -0.374 e. The molecule has 0 radical (unpaired) electrons. The van der Waals surface area contributed by atoms with Gasteiger partial charge in [-0.3, -0.25) is 8.37 Å². The molecular weight excluding hydrogens is 657 g/mol. The van der Waals surface area contributed by atoms with E-state index in [0.29, 0.717) is 0 Å². The van der Waals surface area contributed by atoms with Gasteiger partial charge in [-0.05, 0) is 22.3 Å². The van der Waals surface area contributed by atoms with Crippen LogP contribution in [0.25, 0.3) is 0 Å². The molecule has 0 heterocycles. The molecule has 4 rings (SSSR count). The third kappa shape index (κ3) is 14.0. The Balaban J connectivity index is 1.73. The molecule has 0 fully saturated rings. The summed E-state index contributed by atoms with van der Waals surface area (Å²) in [5.74, 6) is 0. The lowest BCUT2D eigenvalue weighted by Gasteiger charge is -2.37. The van der Waals surface area contributed by atoms with Crippen LogP contribution in [0.2, 0.25) is 0 Å². The van der Waals surface area contributed by atoms with Gasteiger partial charge in [-0.1, -0.05) is 121 Å². The van der Waals surface area contributed by atoms with Crippen molar-refractivity contribution in [3.05, 3.63) is 144 Å². The van der Waals surface area contributed by atoms with Gasteiger partial charge in [-0.15, -0.1) is 0 Å². The number of ether oxygens (including phenoxy) is 4. The van der Waals surface area contributed by atoms with Crippen LogP contribution in [0.4, 0.5) is 0 Å². The van der Waals surface area contributed by atoms with E-state index in [0.717, 1.165) is 34.8 Å². The second kappa shape index (κ2) is 18.9. The lowest BCUT2D eigenvalue weighted by Crippen LogP contribution is -2.52. The molecule has 0 aromatic heterocycles. The first kappa shape index (κ1) is 37.4. The van der Waals surface area contributed by atoms with Crippen molar-refractivity contribution in [2.45, 2.75) is 50.8 Å². The lowest BCUT2D eigenvalue weighted by molar-refractivity contribution is -0.187. The molecule has 0 unspecified atom stereocenters. The molecule has 0 N–H and O–H groups in total. The summed E-state index contributed by atoms with van der Waals surface area (Å²) in [5, 5.41) is 0. The highest BCUT2D eigenvalue weighted by Gasteiger charge is 2.41. The minimum atomic E-state index is -4.05. The fourth-order valence-electron chi connectivity index (χ4n) is 4.84. The summed E-state index contributed by atoms with van der Waals surface area (Å²) < 4.78 is 86.0. The minimum absolute atomic E-state index is 0.0529. The molecule has 0 aliphatic rings. The normalized spacial score (nSPS) is 14.6. The molecule has 0 aliphatic heterocycles. The Bertz CT molecular complexity index is 1690. The Labute approximate surface area is 283 Å². The van der Waals surface area contributed by atoms with Crippen molar-refractivity contribution < 1.29 is 44.1 Å². The third-order valence-electron chi connectivity index (χ3n) is 7.07. The number of benzene rings is 4. The van der Waals surface area contributed by atoms with Gasteiger partial charge in [0, 0.05) is 0 Å². The van der Waals surface area contributed by atoms with E-state index >= 15 is 0 Å². The molecule has 258 valence electrons. The second-order valence-electron chi connectivity index (χ2n) is 11.2.